The zero-order chi connectivity index (χ0) is 17.4. The van der Waals surface area contributed by atoms with Crippen LogP contribution >= 0.6 is 0 Å². The van der Waals surface area contributed by atoms with E-state index < -0.39 is 0 Å². The van der Waals surface area contributed by atoms with Crippen LogP contribution in [0.4, 0.5) is 5.69 Å². The Morgan fingerprint density at radius 1 is 1.32 bits per heavy atom. The summed E-state index contributed by atoms with van der Waals surface area (Å²) in [6.07, 6.45) is 7.82. The summed E-state index contributed by atoms with van der Waals surface area (Å²) in [7, 11) is 0. The Morgan fingerprint density at radius 3 is 2.88 bits per heavy atom. The van der Waals surface area contributed by atoms with Crippen LogP contribution in [0.25, 0.3) is 5.69 Å². The molecule has 1 saturated carbocycles. The molecule has 1 N–H and O–H groups in total. The number of nitrogens with zero attached hydrogens (tertiary/aromatic N) is 4. The van der Waals surface area contributed by atoms with Crippen molar-refractivity contribution in [1.29, 1.82) is 0 Å². The predicted molar refractivity (Wildman–Crippen MR) is 95.9 cm³/mol. The number of aromatic nitrogens is 4. The van der Waals surface area contributed by atoms with Crippen molar-refractivity contribution in [2.75, 3.05) is 5.32 Å². The van der Waals surface area contributed by atoms with Gasteiger partial charge in [-0.2, -0.15) is 5.10 Å². The maximum Gasteiger partial charge on any atom is 0.276 e. The van der Waals surface area contributed by atoms with E-state index in [1.807, 2.05) is 52.7 Å². The second-order valence-corrected chi connectivity index (χ2v) is 6.67. The Balaban J connectivity index is 1.52. The molecule has 0 radical (unpaired) electrons. The minimum absolute atomic E-state index is 0.187. The maximum atomic E-state index is 12.6. The number of hydrogen-bond donors (Lipinski definition) is 1. The van der Waals surface area contributed by atoms with Crippen molar-refractivity contribution in [2.45, 2.75) is 32.7 Å². The van der Waals surface area contributed by atoms with Crippen molar-refractivity contribution in [3.8, 4) is 5.69 Å². The van der Waals surface area contributed by atoms with Crippen LogP contribution in [-0.2, 0) is 0 Å². The lowest BCUT2D eigenvalue weighted by Crippen LogP contribution is -2.15. The van der Waals surface area contributed by atoms with Gasteiger partial charge in [-0.25, -0.2) is 4.98 Å². The second-order valence-electron chi connectivity index (χ2n) is 6.67. The van der Waals surface area contributed by atoms with Crippen LogP contribution in [0.15, 0.2) is 49.1 Å². The van der Waals surface area contributed by atoms with Crippen LogP contribution in [-0.4, -0.2) is 25.2 Å². The number of anilines is 1. The van der Waals surface area contributed by atoms with Gasteiger partial charge < -0.3 is 9.88 Å². The third-order valence-corrected chi connectivity index (χ3v) is 4.75. The van der Waals surface area contributed by atoms with Gasteiger partial charge in [-0.15, -0.1) is 0 Å². The van der Waals surface area contributed by atoms with Gasteiger partial charge in [0.15, 0.2) is 5.69 Å². The van der Waals surface area contributed by atoms with Crippen molar-refractivity contribution in [2.24, 2.45) is 5.92 Å². The SMILES string of the molecule is Cc1cc(C(=O)Nc2cccc(-n3ccnc3)c2)nn1C(C)C1CC1. The van der Waals surface area contributed by atoms with Gasteiger partial charge in [0.25, 0.3) is 5.91 Å². The third-order valence-electron chi connectivity index (χ3n) is 4.75. The average Bonchev–Trinajstić information content (AvgIpc) is 3.16. The fourth-order valence-electron chi connectivity index (χ4n) is 3.14. The van der Waals surface area contributed by atoms with Gasteiger partial charge in [0.1, 0.15) is 0 Å². The molecule has 25 heavy (non-hydrogen) atoms. The van der Waals surface area contributed by atoms with Gasteiger partial charge in [-0.1, -0.05) is 6.07 Å². The van der Waals surface area contributed by atoms with Gasteiger partial charge in [0, 0.05) is 29.5 Å². The summed E-state index contributed by atoms with van der Waals surface area (Å²) in [5.74, 6) is 0.508. The molecule has 2 heterocycles. The number of carbonyl (C=O) groups is 1. The van der Waals surface area contributed by atoms with Crippen LogP contribution in [0, 0.1) is 12.8 Å². The number of aryl methyl sites for hydroxylation is 1. The molecule has 1 aliphatic carbocycles. The molecule has 1 amide bonds. The molecule has 2 aromatic heterocycles. The van der Waals surface area contributed by atoms with Crippen LogP contribution in [0.2, 0.25) is 0 Å². The number of imidazole rings is 1. The Bertz CT molecular complexity index is 892. The van der Waals surface area contributed by atoms with Crippen molar-refractivity contribution >= 4 is 11.6 Å². The first-order valence-corrected chi connectivity index (χ1v) is 8.58. The Kier molecular flexibility index (Phi) is 3.87. The molecule has 1 unspecified atom stereocenters. The normalized spacial score (nSPS) is 15.1. The van der Waals surface area contributed by atoms with Crippen LogP contribution in [0.1, 0.15) is 42.0 Å². The Labute approximate surface area is 146 Å². The van der Waals surface area contributed by atoms with E-state index in [0.29, 0.717) is 17.7 Å². The number of rotatable bonds is 5. The highest BCUT2D eigenvalue weighted by atomic mass is 16.1. The van der Waals surface area contributed by atoms with Crippen molar-refractivity contribution < 1.29 is 4.79 Å². The molecule has 0 saturated heterocycles. The average molecular weight is 335 g/mol. The number of hydrogen-bond acceptors (Lipinski definition) is 3. The van der Waals surface area contributed by atoms with E-state index in [0.717, 1.165) is 17.1 Å². The zero-order valence-corrected chi connectivity index (χ0v) is 14.4. The largest absolute Gasteiger partial charge is 0.321 e. The van der Waals surface area contributed by atoms with Gasteiger partial charge >= 0.3 is 0 Å². The summed E-state index contributed by atoms with van der Waals surface area (Å²) in [5, 5.41) is 7.47. The van der Waals surface area contributed by atoms with Crippen LogP contribution in [0.5, 0.6) is 0 Å². The van der Waals surface area contributed by atoms with E-state index in [2.05, 4.69) is 22.3 Å². The summed E-state index contributed by atoms with van der Waals surface area (Å²) in [5.41, 5.74) is 3.16. The smallest absolute Gasteiger partial charge is 0.276 e. The maximum absolute atomic E-state index is 12.6. The first kappa shape index (κ1) is 15.6. The van der Waals surface area contributed by atoms with E-state index in [1.165, 1.54) is 12.8 Å². The number of carbonyl (C=O) groups excluding carboxylic acids is 1. The molecular formula is C19H21N5O. The molecule has 0 aliphatic heterocycles. The van der Waals surface area contributed by atoms with Gasteiger partial charge in [-0.3, -0.25) is 9.48 Å². The third kappa shape index (κ3) is 3.20. The highest BCUT2D eigenvalue weighted by Crippen LogP contribution is 2.39. The molecule has 6 heteroatoms. The molecule has 1 atom stereocenters. The van der Waals surface area contributed by atoms with Crippen LogP contribution in [0.3, 0.4) is 0 Å². The summed E-state index contributed by atoms with van der Waals surface area (Å²) in [6.45, 7) is 4.18. The van der Waals surface area contributed by atoms with Crippen LogP contribution < -0.4 is 5.32 Å². The molecule has 4 rings (SSSR count). The monoisotopic (exact) mass is 335 g/mol. The van der Waals surface area contributed by atoms with Gasteiger partial charge in [-0.05, 0) is 56.9 Å². The molecular weight excluding hydrogens is 314 g/mol. The lowest BCUT2D eigenvalue weighted by molar-refractivity contribution is 0.102. The topological polar surface area (TPSA) is 64.7 Å². The van der Waals surface area contributed by atoms with Crippen molar-refractivity contribution in [1.82, 2.24) is 19.3 Å². The number of nitrogens with one attached hydrogen (secondary N) is 1. The fraction of sp³-hybridized carbons (Fsp3) is 0.316. The molecule has 0 bridgehead atoms. The van der Waals surface area contributed by atoms with E-state index in [9.17, 15) is 4.79 Å². The first-order valence-electron chi connectivity index (χ1n) is 8.58. The minimum atomic E-state index is -0.187. The molecule has 1 aromatic carbocycles. The fourth-order valence-corrected chi connectivity index (χ4v) is 3.14. The number of benzene rings is 1. The van der Waals surface area contributed by atoms with E-state index in [4.69, 9.17) is 0 Å². The predicted octanol–water partition coefficient (Wildman–Crippen LogP) is 3.60. The Morgan fingerprint density at radius 2 is 2.16 bits per heavy atom. The van der Waals surface area contributed by atoms with E-state index in [1.54, 1.807) is 12.5 Å². The number of amides is 1. The van der Waals surface area contributed by atoms with Gasteiger partial charge in [0.2, 0.25) is 0 Å². The first-order chi connectivity index (χ1) is 12.1. The quantitative estimate of drug-likeness (QED) is 0.775. The Hall–Kier alpha value is -2.89. The van der Waals surface area contributed by atoms with Crippen molar-refractivity contribution in [3.05, 3.63) is 60.4 Å². The summed E-state index contributed by atoms with van der Waals surface area (Å²) in [6, 6.07) is 9.86. The molecule has 128 valence electrons. The minimum Gasteiger partial charge on any atom is -0.321 e. The second kappa shape index (κ2) is 6.20. The molecule has 1 aliphatic rings. The highest BCUT2D eigenvalue weighted by molar-refractivity contribution is 6.03. The molecule has 3 aromatic rings. The molecule has 6 nitrogen and oxygen atoms in total. The van der Waals surface area contributed by atoms with E-state index >= 15 is 0 Å². The van der Waals surface area contributed by atoms with Crippen molar-refractivity contribution in [3.63, 3.8) is 0 Å². The lowest BCUT2D eigenvalue weighted by Gasteiger charge is -2.12. The summed E-state index contributed by atoms with van der Waals surface area (Å²) < 4.78 is 3.88. The standard InChI is InChI=1S/C19H21N5O/c1-13-10-18(22-24(13)14(2)15-6-7-15)19(25)21-16-4-3-5-17(11-16)23-9-8-20-12-23/h3-5,8-12,14-15H,6-7H2,1-2H3,(H,21,25). The summed E-state index contributed by atoms with van der Waals surface area (Å²) in [4.78, 5) is 16.6. The molecule has 0 spiro atoms. The highest BCUT2D eigenvalue weighted by Gasteiger charge is 2.30. The van der Waals surface area contributed by atoms with Gasteiger partial charge in [0.05, 0.1) is 12.4 Å². The lowest BCUT2D eigenvalue weighted by atomic mass is 10.2. The summed E-state index contributed by atoms with van der Waals surface area (Å²) >= 11 is 0. The molecule has 1 fully saturated rings. The zero-order valence-electron chi connectivity index (χ0n) is 14.4. The van der Waals surface area contributed by atoms with E-state index in [-0.39, 0.29) is 5.91 Å².